The van der Waals surface area contributed by atoms with E-state index in [1.165, 1.54) is 0 Å². The van der Waals surface area contributed by atoms with Crippen molar-refractivity contribution in [2.45, 2.75) is 0 Å². The van der Waals surface area contributed by atoms with Gasteiger partial charge in [-0.1, -0.05) is 23.7 Å². The summed E-state index contributed by atoms with van der Waals surface area (Å²) in [6, 6.07) is 6.80. The number of para-hydroxylation sites is 2. The summed E-state index contributed by atoms with van der Waals surface area (Å²) in [5, 5.41) is 11.1. The van der Waals surface area contributed by atoms with Crippen molar-refractivity contribution in [1.29, 1.82) is 5.39 Å². The highest BCUT2D eigenvalue weighted by Crippen LogP contribution is 2.26. The molecule has 1 rings (SSSR count). The van der Waals surface area contributed by atoms with Crippen LogP contribution in [-0.4, -0.2) is 0 Å². The third-order valence-electron chi connectivity index (χ3n) is 1.35. The molecule has 0 amide bonds. The second kappa shape index (κ2) is 5.32. The Morgan fingerprint density at radius 1 is 1.50 bits per heavy atom. The molecule has 0 saturated carbocycles. The second-order valence-electron chi connectivity index (χ2n) is 2.22. The van der Waals surface area contributed by atoms with Gasteiger partial charge in [-0.05, 0) is 29.2 Å². The first kappa shape index (κ1) is 10.6. The molecule has 0 fully saturated rings. The zero-order valence-electron chi connectivity index (χ0n) is 6.95. The number of benzene rings is 1. The van der Waals surface area contributed by atoms with Gasteiger partial charge in [0, 0.05) is 0 Å². The Balaban J connectivity index is 2.91. The van der Waals surface area contributed by atoms with Gasteiger partial charge in [-0.25, -0.2) is 0 Å². The predicted octanol–water partition coefficient (Wildman–Crippen LogP) is 3.52. The highest BCUT2D eigenvalue weighted by molar-refractivity contribution is 6.35. The monoisotopic (exact) mass is 230 g/mol. The molecule has 1 N–H and O–H groups in total. The van der Waals surface area contributed by atoms with Gasteiger partial charge in [0.2, 0.25) is 5.22 Å². The highest BCUT2D eigenvalue weighted by atomic mass is 35.5. The maximum absolute atomic E-state index is 8.32. The van der Waals surface area contributed by atoms with Gasteiger partial charge >= 0.3 is 5.08 Å². The van der Waals surface area contributed by atoms with Crippen molar-refractivity contribution in [1.82, 2.24) is 0 Å². The van der Waals surface area contributed by atoms with Crippen LogP contribution in [-0.2, 0) is 0 Å². The normalized spacial score (nSPS) is 10.5. The van der Waals surface area contributed by atoms with Crippen molar-refractivity contribution in [3.8, 4) is 5.75 Å². The van der Waals surface area contributed by atoms with E-state index in [2.05, 4.69) is 10.5 Å². The molecule has 72 valence electrons. The van der Waals surface area contributed by atoms with Crippen LogP contribution in [0.4, 0.5) is 5.69 Å². The van der Waals surface area contributed by atoms with Crippen LogP contribution < -0.4 is 10.2 Å². The van der Waals surface area contributed by atoms with E-state index < -0.39 is 0 Å². The van der Waals surface area contributed by atoms with Crippen molar-refractivity contribution < 1.29 is 4.74 Å². The first-order chi connectivity index (χ1) is 6.77. The van der Waals surface area contributed by atoms with Crippen LogP contribution in [0.25, 0.3) is 5.08 Å². The third kappa shape index (κ3) is 2.80. The molecule has 0 heterocycles. The Morgan fingerprint density at radius 3 is 2.86 bits per heavy atom. The van der Waals surface area contributed by atoms with E-state index in [1.54, 1.807) is 24.3 Å². The number of diazo groups is 1. The molecule has 14 heavy (non-hydrogen) atoms. The Hall–Kier alpha value is -1.44. The second-order valence-corrected chi connectivity index (χ2v) is 2.81. The van der Waals surface area contributed by atoms with Crippen LogP contribution in [0.2, 0.25) is 0 Å². The van der Waals surface area contributed by atoms with E-state index in [0.29, 0.717) is 11.4 Å². The molecule has 0 aliphatic heterocycles. The molecule has 0 saturated heterocycles. The molecule has 1 aromatic rings. The molecule has 0 spiro atoms. The summed E-state index contributed by atoms with van der Waals surface area (Å²) in [6.45, 7) is 0. The molecule has 0 aromatic heterocycles. The summed E-state index contributed by atoms with van der Waals surface area (Å²) in [5.41, 5.74) is 3.90. The Labute approximate surface area is 90.7 Å². The number of ether oxygens (including phenoxy) is 1. The van der Waals surface area contributed by atoms with Crippen LogP contribution in [0.5, 0.6) is 5.75 Å². The summed E-state index contributed by atoms with van der Waals surface area (Å²) >= 11 is 10.9. The number of anilines is 1. The van der Waals surface area contributed by atoms with E-state index in [0.717, 1.165) is 5.54 Å². The minimum Gasteiger partial charge on any atom is -0.442 e. The molecule has 0 aliphatic carbocycles. The van der Waals surface area contributed by atoms with Crippen molar-refractivity contribution in [3.63, 3.8) is 0 Å². The van der Waals surface area contributed by atoms with E-state index in [4.69, 9.17) is 33.3 Å². The average molecular weight is 231 g/mol. The molecule has 1 aromatic carbocycles. The maximum Gasteiger partial charge on any atom is 0.308 e. The highest BCUT2D eigenvalue weighted by Gasteiger charge is 2.07. The number of rotatable bonds is 3. The molecule has 0 bridgehead atoms. The Kier molecular flexibility index (Phi) is 4.05. The first-order valence-corrected chi connectivity index (χ1v) is 4.42. The zero-order chi connectivity index (χ0) is 10.4. The van der Waals surface area contributed by atoms with Gasteiger partial charge in [-0.15, -0.1) is 0 Å². The first-order valence-electron chi connectivity index (χ1n) is 3.61. The van der Waals surface area contributed by atoms with Gasteiger partial charge in [0.25, 0.3) is 5.39 Å². The zero-order valence-corrected chi connectivity index (χ0v) is 8.46. The number of halogens is 2. The lowest BCUT2D eigenvalue weighted by Gasteiger charge is -2.03. The van der Waals surface area contributed by atoms with E-state index in [9.17, 15) is 0 Å². The van der Waals surface area contributed by atoms with Gasteiger partial charge in [-0.3, -0.25) is 0 Å². The fourth-order valence-corrected chi connectivity index (χ4v) is 0.957. The third-order valence-corrected chi connectivity index (χ3v) is 1.85. The molecule has 0 aliphatic rings. The van der Waals surface area contributed by atoms with E-state index in [1.807, 2.05) is 0 Å². The van der Waals surface area contributed by atoms with E-state index >= 15 is 0 Å². The van der Waals surface area contributed by atoms with Gasteiger partial charge in [0.05, 0.1) is 5.54 Å². The molecule has 4 nitrogen and oxygen atoms in total. The lowest BCUT2D eigenvalue weighted by atomic mass is 10.3. The number of nitrogens with zero attached hydrogens (tertiary/aromatic N) is 2. The van der Waals surface area contributed by atoms with Gasteiger partial charge in [0.15, 0.2) is 11.4 Å². The van der Waals surface area contributed by atoms with Gasteiger partial charge in [0.1, 0.15) is 0 Å². The summed E-state index contributed by atoms with van der Waals surface area (Å²) in [4.78, 5) is 0. The lowest BCUT2D eigenvalue weighted by Crippen LogP contribution is -1.92. The number of hydrogen-bond acceptors (Lipinski definition) is 3. The van der Waals surface area contributed by atoms with Crippen LogP contribution >= 0.6 is 23.2 Å². The minimum atomic E-state index is 0.0267. The minimum absolute atomic E-state index is 0.0267. The summed E-state index contributed by atoms with van der Waals surface area (Å²) in [7, 11) is 0. The Morgan fingerprint density at radius 2 is 2.21 bits per heavy atom. The smallest absolute Gasteiger partial charge is 0.308 e. The van der Waals surface area contributed by atoms with Crippen molar-refractivity contribution in [2.75, 3.05) is 5.43 Å². The summed E-state index contributed by atoms with van der Waals surface area (Å²) in [6.07, 6.45) is 0. The Bertz CT molecular complexity index is 386. The van der Waals surface area contributed by atoms with Crippen molar-refractivity contribution in [2.24, 2.45) is 0 Å². The fraction of sp³-hybridized carbons (Fsp3) is 0. The van der Waals surface area contributed by atoms with Crippen LogP contribution in [0.15, 0.2) is 35.0 Å². The molecule has 0 radical (unpaired) electrons. The SMILES string of the molecule is N#[N+]Nc1ccccc1OC(Cl)=CCl. The van der Waals surface area contributed by atoms with E-state index in [-0.39, 0.29) is 5.22 Å². The standard InChI is InChI=1S/C8H6Cl2N3O/c9-5-8(10)14-7-4-2-1-3-6(7)12-13-11/h1-5,12H/q+1. The summed E-state index contributed by atoms with van der Waals surface area (Å²) in [5.74, 6) is 0.409. The molecule has 0 atom stereocenters. The fourth-order valence-electron chi connectivity index (χ4n) is 0.829. The van der Waals surface area contributed by atoms with Gasteiger partial charge < -0.3 is 4.74 Å². The largest absolute Gasteiger partial charge is 0.442 e. The maximum atomic E-state index is 8.32. The predicted molar refractivity (Wildman–Crippen MR) is 55.6 cm³/mol. The number of nitrogens with one attached hydrogen (secondary N) is 1. The summed E-state index contributed by atoms with van der Waals surface area (Å²) < 4.78 is 5.11. The number of hydrogen-bond donors (Lipinski definition) is 1. The quantitative estimate of drug-likeness (QED) is 0.491. The molecular formula is C8H6Cl2N3O+. The van der Waals surface area contributed by atoms with Crippen LogP contribution in [0.3, 0.4) is 0 Å². The molecule has 0 unspecified atom stereocenters. The van der Waals surface area contributed by atoms with Crippen LogP contribution in [0.1, 0.15) is 0 Å². The average Bonchev–Trinajstić information content (AvgIpc) is 2.21. The topological polar surface area (TPSA) is 49.4 Å². The van der Waals surface area contributed by atoms with Crippen molar-refractivity contribution in [3.05, 3.63) is 40.1 Å². The lowest BCUT2D eigenvalue weighted by molar-refractivity contribution is 0.466. The van der Waals surface area contributed by atoms with Crippen LogP contribution in [0, 0.1) is 5.39 Å². The van der Waals surface area contributed by atoms with Gasteiger partial charge in [-0.2, -0.15) is 0 Å². The molecular weight excluding hydrogens is 225 g/mol. The molecule has 6 heteroatoms. The van der Waals surface area contributed by atoms with Crippen molar-refractivity contribution >= 4 is 28.9 Å².